The second-order valence-electron chi connectivity index (χ2n) is 6.97. The normalized spacial score (nSPS) is 45.3. The number of likely N-dealkylation sites (tertiary alicyclic amines) is 1. The van der Waals surface area contributed by atoms with Gasteiger partial charge >= 0.3 is 0 Å². The van der Waals surface area contributed by atoms with Gasteiger partial charge in [-0.05, 0) is 50.6 Å². The summed E-state index contributed by atoms with van der Waals surface area (Å²) in [6.45, 7) is 9.51. The third-order valence-corrected chi connectivity index (χ3v) is 5.44. The van der Waals surface area contributed by atoms with Gasteiger partial charge in [0.05, 0.1) is 6.10 Å². The van der Waals surface area contributed by atoms with E-state index in [-0.39, 0.29) is 0 Å². The van der Waals surface area contributed by atoms with Crippen molar-refractivity contribution in [2.45, 2.75) is 58.2 Å². The van der Waals surface area contributed by atoms with Gasteiger partial charge < -0.3 is 10.1 Å². The minimum Gasteiger partial charge on any atom is -0.380 e. The van der Waals surface area contributed by atoms with Crippen LogP contribution in [0.2, 0.25) is 0 Å². The van der Waals surface area contributed by atoms with E-state index in [1.165, 1.54) is 25.8 Å². The molecule has 1 aliphatic heterocycles. The van der Waals surface area contributed by atoms with Crippen LogP contribution in [0.4, 0.5) is 0 Å². The molecule has 112 valence electrons. The van der Waals surface area contributed by atoms with Gasteiger partial charge in [-0.25, -0.2) is 0 Å². The van der Waals surface area contributed by atoms with E-state index >= 15 is 0 Å². The van der Waals surface area contributed by atoms with Gasteiger partial charge in [-0.2, -0.15) is 0 Å². The first kappa shape index (κ1) is 15.3. The summed E-state index contributed by atoms with van der Waals surface area (Å²) < 4.78 is 5.69. The number of nitrogens with zero attached hydrogens (tertiary/aromatic N) is 1. The molecule has 0 bridgehead atoms. The molecule has 3 heteroatoms. The molecule has 0 radical (unpaired) electrons. The van der Waals surface area contributed by atoms with Crippen LogP contribution in [0.25, 0.3) is 0 Å². The van der Waals surface area contributed by atoms with Crippen LogP contribution in [0.1, 0.15) is 40.0 Å². The Labute approximate surface area is 119 Å². The zero-order valence-corrected chi connectivity index (χ0v) is 13.4. The quantitative estimate of drug-likeness (QED) is 0.850. The van der Waals surface area contributed by atoms with Crippen molar-refractivity contribution in [3.05, 3.63) is 0 Å². The fourth-order valence-electron chi connectivity index (χ4n) is 4.38. The highest BCUT2D eigenvalue weighted by atomic mass is 16.5. The second-order valence-corrected chi connectivity index (χ2v) is 6.97. The molecule has 0 amide bonds. The Kier molecular flexibility index (Phi) is 5.27. The minimum absolute atomic E-state index is 0.415. The van der Waals surface area contributed by atoms with Gasteiger partial charge in [0.2, 0.25) is 0 Å². The van der Waals surface area contributed by atoms with Gasteiger partial charge in [0.1, 0.15) is 0 Å². The van der Waals surface area contributed by atoms with Crippen molar-refractivity contribution in [1.82, 2.24) is 10.2 Å². The van der Waals surface area contributed by atoms with Gasteiger partial charge in [0.15, 0.2) is 0 Å². The Morgan fingerprint density at radius 3 is 2.47 bits per heavy atom. The lowest BCUT2D eigenvalue weighted by molar-refractivity contribution is -0.0432. The molecular formula is C16H32N2O. The van der Waals surface area contributed by atoms with Gasteiger partial charge in [0.25, 0.3) is 0 Å². The van der Waals surface area contributed by atoms with Crippen LogP contribution < -0.4 is 5.32 Å². The molecule has 1 saturated carbocycles. The first-order valence-corrected chi connectivity index (χ1v) is 8.00. The van der Waals surface area contributed by atoms with Gasteiger partial charge in [-0.3, -0.25) is 4.90 Å². The van der Waals surface area contributed by atoms with E-state index in [9.17, 15) is 0 Å². The van der Waals surface area contributed by atoms with Crippen molar-refractivity contribution in [3.63, 3.8) is 0 Å². The lowest BCUT2D eigenvalue weighted by Crippen LogP contribution is -2.59. The summed E-state index contributed by atoms with van der Waals surface area (Å²) in [5.74, 6) is 2.34. The SMILES string of the molecule is CNC1CC(C)CC(C)C1N1CCC(C)C(OC)C1. The first-order valence-electron chi connectivity index (χ1n) is 8.00. The molecule has 19 heavy (non-hydrogen) atoms. The summed E-state index contributed by atoms with van der Waals surface area (Å²) in [7, 11) is 4.00. The van der Waals surface area contributed by atoms with Crippen molar-refractivity contribution in [1.29, 1.82) is 0 Å². The van der Waals surface area contributed by atoms with E-state index in [4.69, 9.17) is 4.74 Å². The second kappa shape index (κ2) is 6.55. The van der Waals surface area contributed by atoms with Crippen LogP contribution in [0, 0.1) is 17.8 Å². The van der Waals surface area contributed by atoms with Gasteiger partial charge in [-0.1, -0.05) is 20.8 Å². The molecule has 2 rings (SSSR count). The van der Waals surface area contributed by atoms with E-state index < -0.39 is 0 Å². The average molecular weight is 268 g/mol. The molecule has 0 aromatic rings. The molecular weight excluding hydrogens is 236 g/mol. The van der Waals surface area contributed by atoms with Crippen LogP contribution in [0.5, 0.6) is 0 Å². The highest BCUT2D eigenvalue weighted by Crippen LogP contribution is 2.34. The standard InChI is InChI=1S/C16H32N2O/c1-11-8-13(3)16(14(9-11)17-4)18-7-6-12(2)15(10-18)19-5/h11-17H,6-10H2,1-5H3. The van der Waals surface area contributed by atoms with Crippen LogP contribution in [0.15, 0.2) is 0 Å². The molecule has 2 aliphatic rings. The van der Waals surface area contributed by atoms with Crippen molar-refractivity contribution in [3.8, 4) is 0 Å². The topological polar surface area (TPSA) is 24.5 Å². The smallest absolute Gasteiger partial charge is 0.0724 e. The van der Waals surface area contributed by atoms with Gasteiger partial charge in [0, 0.05) is 25.7 Å². The van der Waals surface area contributed by atoms with Crippen molar-refractivity contribution in [2.24, 2.45) is 17.8 Å². The Morgan fingerprint density at radius 1 is 1.11 bits per heavy atom. The number of likely N-dealkylation sites (N-methyl/N-ethyl adjacent to an activating group) is 1. The van der Waals surface area contributed by atoms with E-state index in [0.29, 0.717) is 24.1 Å². The molecule has 6 unspecified atom stereocenters. The number of methoxy groups -OCH3 is 1. The molecule has 3 nitrogen and oxygen atoms in total. The van der Waals surface area contributed by atoms with E-state index in [1.807, 2.05) is 7.11 Å². The molecule has 1 aliphatic carbocycles. The summed E-state index contributed by atoms with van der Waals surface area (Å²) in [6.07, 6.45) is 4.37. The molecule has 0 aromatic carbocycles. The third kappa shape index (κ3) is 3.32. The number of hydrogen-bond acceptors (Lipinski definition) is 3. The Hall–Kier alpha value is -0.120. The molecule has 1 N–H and O–H groups in total. The van der Waals surface area contributed by atoms with Crippen LogP contribution in [-0.2, 0) is 4.74 Å². The van der Waals surface area contributed by atoms with Crippen LogP contribution in [0.3, 0.4) is 0 Å². The van der Waals surface area contributed by atoms with E-state index in [1.54, 1.807) is 0 Å². The maximum Gasteiger partial charge on any atom is 0.0724 e. The number of hydrogen-bond donors (Lipinski definition) is 1. The molecule has 1 saturated heterocycles. The lowest BCUT2D eigenvalue weighted by atomic mass is 9.75. The lowest BCUT2D eigenvalue weighted by Gasteiger charge is -2.49. The fraction of sp³-hybridized carbons (Fsp3) is 1.00. The number of rotatable bonds is 3. The average Bonchev–Trinajstić information content (AvgIpc) is 2.39. The minimum atomic E-state index is 0.415. The van der Waals surface area contributed by atoms with Crippen LogP contribution in [-0.4, -0.2) is 50.3 Å². The van der Waals surface area contributed by atoms with E-state index in [2.05, 4.69) is 38.0 Å². The Bertz CT molecular complexity index is 284. The first-order chi connectivity index (χ1) is 9.06. The van der Waals surface area contributed by atoms with Crippen molar-refractivity contribution >= 4 is 0 Å². The maximum atomic E-state index is 5.69. The largest absolute Gasteiger partial charge is 0.380 e. The fourth-order valence-corrected chi connectivity index (χ4v) is 4.38. The number of nitrogens with one attached hydrogen (secondary N) is 1. The summed E-state index contributed by atoms with van der Waals surface area (Å²) >= 11 is 0. The molecule has 0 aromatic heterocycles. The summed E-state index contributed by atoms with van der Waals surface area (Å²) in [5.41, 5.74) is 0. The van der Waals surface area contributed by atoms with Gasteiger partial charge in [-0.15, -0.1) is 0 Å². The highest BCUT2D eigenvalue weighted by molar-refractivity contribution is 4.95. The number of piperidine rings is 1. The highest BCUT2D eigenvalue weighted by Gasteiger charge is 2.39. The van der Waals surface area contributed by atoms with E-state index in [0.717, 1.165) is 18.4 Å². The monoisotopic (exact) mass is 268 g/mol. The zero-order valence-electron chi connectivity index (χ0n) is 13.4. The number of ether oxygens (including phenoxy) is 1. The predicted molar refractivity (Wildman–Crippen MR) is 80.3 cm³/mol. The summed E-state index contributed by atoms with van der Waals surface area (Å²) in [4.78, 5) is 2.70. The molecule has 0 spiro atoms. The predicted octanol–water partition coefficient (Wildman–Crippen LogP) is 2.37. The van der Waals surface area contributed by atoms with Crippen molar-refractivity contribution in [2.75, 3.05) is 27.2 Å². The molecule has 1 heterocycles. The molecule has 2 fully saturated rings. The third-order valence-electron chi connectivity index (χ3n) is 5.44. The molecule has 6 atom stereocenters. The summed E-state index contributed by atoms with van der Waals surface area (Å²) in [5, 5.41) is 3.57. The zero-order chi connectivity index (χ0) is 14.0. The van der Waals surface area contributed by atoms with Crippen LogP contribution >= 0.6 is 0 Å². The Morgan fingerprint density at radius 2 is 1.84 bits per heavy atom. The van der Waals surface area contributed by atoms with Crippen molar-refractivity contribution < 1.29 is 4.74 Å². The Balaban J connectivity index is 2.06. The maximum absolute atomic E-state index is 5.69. The summed E-state index contributed by atoms with van der Waals surface area (Å²) in [6, 6.07) is 1.33.